The number of anilines is 1. The van der Waals surface area contributed by atoms with Gasteiger partial charge in [-0.1, -0.05) is 18.2 Å². The molecule has 1 fully saturated rings. The van der Waals surface area contributed by atoms with Gasteiger partial charge in [-0.05, 0) is 45.4 Å². The molecule has 3 heteroatoms. The Kier molecular flexibility index (Phi) is 5.86. The summed E-state index contributed by atoms with van der Waals surface area (Å²) in [5, 5.41) is 3.58. The third-order valence-corrected chi connectivity index (χ3v) is 4.28. The van der Waals surface area contributed by atoms with Gasteiger partial charge in [0.1, 0.15) is 0 Å². The summed E-state index contributed by atoms with van der Waals surface area (Å²) < 4.78 is 0. The number of nitrogens with one attached hydrogen (secondary N) is 1. The van der Waals surface area contributed by atoms with Crippen molar-refractivity contribution in [1.82, 2.24) is 10.2 Å². The highest BCUT2D eigenvalue weighted by molar-refractivity contribution is 5.54. The number of hydrogen-bond acceptors (Lipinski definition) is 3. The Morgan fingerprint density at radius 3 is 2.60 bits per heavy atom. The highest BCUT2D eigenvalue weighted by Crippen LogP contribution is 2.24. The molecular weight excluding hydrogens is 246 g/mol. The van der Waals surface area contributed by atoms with Gasteiger partial charge in [-0.25, -0.2) is 0 Å². The molecule has 0 amide bonds. The van der Waals surface area contributed by atoms with Crippen molar-refractivity contribution in [3.8, 4) is 0 Å². The second-order valence-electron chi connectivity index (χ2n) is 6.07. The Labute approximate surface area is 124 Å². The summed E-state index contributed by atoms with van der Waals surface area (Å²) in [6, 6.07) is 9.45. The summed E-state index contributed by atoms with van der Waals surface area (Å²) >= 11 is 0. The molecule has 0 atom stereocenters. The Bertz CT molecular complexity index is 397. The van der Waals surface area contributed by atoms with E-state index in [4.69, 9.17) is 0 Å². The molecule has 1 N–H and O–H groups in total. The van der Waals surface area contributed by atoms with Gasteiger partial charge in [0.15, 0.2) is 0 Å². The fraction of sp³-hybridized carbons (Fsp3) is 0.647. The number of likely N-dealkylation sites (N-methyl/N-ethyl adjacent to an activating group) is 1. The van der Waals surface area contributed by atoms with Gasteiger partial charge >= 0.3 is 0 Å². The lowest BCUT2D eigenvalue weighted by Crippen LogP contribution is -2.33. The van der Waals surface area contributed by atoms with Crippen molar-refractivity contribution in [1.29, 1.82) is 0 Å². The molecule has 0 aromatic heterocycles. The predicted molar refractivity (Wildman–Crippen MR) is 87.4 cm³/mol. The van der Waals surface area contributed by atoms with E-state index in [-0.39, 0.29) is 0 Å². The summed E-state index contributed by atoms with van der Waals surface area (Å²) in [6.07, 6.45) is 2.67. The molecule has 2 rings (SSSR count). The number of nitrogens with zero attached hydrogens (tertiary/aromatic N) is 2. The maximum Gasteiger partial charge on any atom is 0.0411 e. The van der Waals surface area contributed by atoms with Crippen molar-refractivity contribution in [3.05, 3.63) is 29.8 Å². The molecule has 1 aliphatic heterocycles. The normalized spacial score (nSPS) is 15.6. The van der Waals surface area contributed by atoms with Gasteiger partial charge in [0.05, 0.1) is 0 Å². The van der Waals surface area contributed by atoms with Gasteiger partial charge in [-0.2, -0.15) is 0 Å². The summed E-state index contributed by atoms with van der Waals surface area (Å²) in [6.45, 7) is 10.0. The van der Waals surface area contributed by atoms with Crippen LogP contribution in [0.5, 0.6) is 0 Å². The standard InChI is InChI=1S/C17H29N3/c1-15(2)19(3)13-10-18-14-16-8-4-5-9-17(16)20-11-6-7-12-20/h4-5,8-9,15,18H,6-7,10-14H2,1-3H3. The van der Waals surface area contributed by atoms with Crippen LogP contribution in [0.3, 0.4) is 0 Å². The summed E-state index contributed by atoms with van der Waals surface area (Å²) in [5.41, 5.74) is 2.86. The topological polar surface area (TPSA) is 18.5 Å². The maximum atomic E-state index is 3.58. The quantitative estimate of drug-likeness (QED) is 0.772. The van der Waals surface area contributed by atoms with Crippen molar-refractivity contribution in [2.45, 2.75) is 39.3 Å². The van der Waals surface area contributed by atoms with E-state index >= 15 is 0 Å². The summed E-state index contributed by atoms with van der Waals surface area (Å²) in [5.74, 6) is 0. The van der Waals surface area contributed by atoms with Crippen LogP contribution < -0.4 is 10.2 Å². The lowest BCUT2D eigenvalue weighted by molar-refractivity contribution is 0.273. The molecule has 1 aromatic carbocycles. The molecule has 0 spiro atoms. The zero-order valence-electron chi connectivity index (χ0n) is 13.2. The van der Waals surface area contributed by atoms with Crippen LogP contribution >= 0.6 is 0 Å². The Morgan fingerprint density at radius 1 is 1.20 bits per heavy atom. The van der Waals surface area contributed by atoms with Crippen molar-refractivity contribution < 1.29 is 0 Å². The van der Waals surface area contributed by atoms with Crippen molar-refractivity contribution in [2.24, 2.45) is 0 Å². The van der Waals surface area contributed by atoms with E-state index in [2.05, 4.69) is 60.3 Å². The molecule has 3 nitrogen and oxygen atoms in total. The molecule has 0 bridgehead atoms. The molecule has 0 radical (unpaired) electrons. The fourth-order valence-corrected chi connectivity index (χ4v) is 2.66. The largest absolute Gasteiger partial charge is 0.371 e. The minimum absolute atomic E-state index is 0.619. The summed E-state index contributed by atoms with van der Waals surface area (Å²) in [4.78, 5) is 4.90. The van der Waals surface area contributed by atoms with Crippen LogP contribution in [0.4, 0.5) is 5.69 Å². The van der Waals surface area contributed by atoms with E-state index in [9.17, 15) is 0 Å². The number of rotatable bonds is 7. The lowest BCUT2D eigenvalue weighted by atomic mass is 10.1. The first-order valence-corrected chi connectivity index (χ1v) is 7.92. The molecule has 112 valence electrons. The zero-order chi connectivity index (χ0) is 14.4. The SMILES string of the molecule is CC(C)N(C)CCNCc1ccccc1N1CCCC1. The molecular formula is C17H29N3. The van der Waals surface area contributed by atoms with Gasteiger partial charge in [0, 0.05) is 44.5 Å². The highest BCUT2D eigenvalue weighted by atomic mass is 15.2. The molecule has 0 saturated carbocycles. The summed E-state index contributed by atoms with van der Waals surface area (Å²) in [7, 11) is 2.19. The van der Waals surface area contributed by atoms with Gasteiger partial charge < -0.3 is 15.1 Å². The van der Waals surface area contributed by atoms with Crippen molar-refractivity contribution in [3.63, 3.8) is 0 Å². The first kappa shape index (κ1) is 15.3. The van der Waals surface area contributed by atoms with Crippen LogP contribution in [-0.2, 0) is 6.54 Å². The zero-order valence-corrected chi connectivity index (χ0v) is 13.2. The third-order valence-electron chi connectivity index (χ3n) is 4.28. The third kappa shape index (κ3) is 4.22. The van der Waals surface area contributed by atoms with Crippen LogP contribution in [0.2, 0.25) is 0 Å². The monoisotopic (exact) mass is 275 g/mol. The van der Waals surface area contributed by atoms with Crippen LogP contribution in [0.1, 0.15) is 32.3 Å². The molecule has 1 saturated heterocycles. The average molecular weight is 275 g/mol. The van der Waals surface area contributed by atoms with Crippen LogP contribution in [0.25, 0.3) is 0 Å². The van der Waals surface area contributed by atoms with Crippen LogP contribution in [0, 0.1) is 0 Å². The van der Waals surface area contributed by atoms with Gasteiger partial charge in [0.2, 0.25) is 0 Å². The minimum atomic E-state index is 0.619. The second-order valence-corrected chi connectivity index (χ2v) is 6.07. The predicted octanol–water partition coefficient (Wildman–Crippen LogP) is 2.72. The van der Waals surface area contributed by atoms with Crippen molar-refractivity contribution >= 4 is 5.69 Å². The number of para-hydroxylation sites is 1. The molecule has 0 aliphatic carbocycles. The minimum Gasteiger partial charge on any atom is -0.371 e. The lowest BCUT2D eigenvalue weighted by Gasteiger charge is -2.23. The molecule has 1 aliphatic rings. The molecule has 20 heavy (non-hydrogen) atoms. The number of hydrogen-bond donors (Lipinski definition) is 1. The van der Waals surface area contributed by atoms with Crippen molar-refractivity contribution in [2.75, 3.05) is 38.1 Å². The molecule has 1 aromatic rings. The van der Waals surface area contributed by atoms with Gasteiger partial charge in [-0.15, -0.1) is 0 Å². The first-order chi connectivity index (χ1) is 9.68. The second kappa shape index (κ2) is 7.65. The van der Waals surface area contributed by atoms with Gasteiger partial charge in [0.25, 0.3) is 0 Å². The van der Waals surface area contributed by atoms with E-state index in [1.165, 1.54) is 37.2 Å². The van der Waals surface area contributed by atoms with Gasteiger partial charge in [-0.3, -0.25) is 0 Å². The fourth-order valence-electron chi connectivity index (χ4n) is 2.66. The Morgan fingerprint density at radius 2 is 1.90 bits per heavy atom. The van der Waals surface area contributed by atoms with E-state index in [1.807, 2.05) is 0 Å². The smallest absolute Gasteiger partial charge is 0.0411 e. The Hall–Kier alpha value is -1.06. The van der Waals surface area contributed by atoms with E-state index in [0.717, 1.165) is 19.6 Å². The first-order valence-electron chi connectivity index (χ1n) is 7.92. The molecule has 1 heterocycles. The maximum absolute atomic E-state index is 3.58. The Balaban J connectivity index is 1.83. The number of benzene rings is 1. The van der Waals surface area contributed by atoms with Crippen LogP contribution in [0.15, 0.2) is 24.3 Å². The van der Waals surface area contributed by atoms with Crippen LogP contribution in [-0.4, -0.2) is 44.2 Å². The highest BCUT2D eigenvalue weighted by Gasteiger charge is 2.14. The average Bonchev–Trinajstić information content (AvgIpc) is 2.97. The van der Waals surface area contributed by atoms with E-state index < -0.39 is 0 Å². The van der Waals surface area contributed by atoms with E-state index in [0.29, 0.717) is 6.04 Å². The van der Waals surface area contributed by atoms with E-state index in [1.54, 1.807) is 0 Å². The molecule has 0 unspecified atom stereocenters.